The molecule has 4 N–H and O–H groups in total. The monoisotopic (exact) mass is 322 g/mol. The minimum Gasteiger partial charge on any atom is -0.379 e. The molecular formula is C14H34N2O4Si. The maximum absolute atomic E-state index is 6.05. The Balaban J connectivity index is 3.13. The first-order valence-corrected chi connectivity index (χ1v) is 11.3. The smallest absolute Gasteiger partial charge is 0.0701 e. The van der Waals surface area contributed by atoms with Gasteiger partial charge >= 0.3 is 0 Å². The van der Waals surface area contributed by atoms with Gasteiger partial charge in [0.25, 0.3) is 0 Å². The summed E-state index contributed by atoms with van der Waals surface area (Å²) in [5.74, 6) is 0. The zero-order chi connectivity index (χ0) is 16.0. The summed E-state index contributed by atoms with van der Waals surface area (Å²) in [6.07, 6.45) is 0.893. The summed E-state index contributed by atoms with van der Waals surface area (Å²) in [4.78, 5) is 0. The van der Waals surface area contributed by atoms with Crippen LogP contribution in [0.3, 0.4) is 0 Å². The van der Waals surface area contributed by atoms with E-state index in [1.54, 1.807) is 0 Å². The maximum Gasteiger partial charge on any atom is 0.0701 e. The molecule has 0 spiro atoms. The second-order valence-corrected chi connectivity index (χ2v) is 11.5. The number of nitrogens with two attached hydrogens (primary N) is 2. The van der Waals surface area contributed by atoms with Gasteiger partial charge in [0.05, 0.1) is 54.3 Å². The number of rotatable bonds is 15. The summed E-state index contributed by atoms with van der Waals surface area (Å²) in [6, 6.07) is 0. The third-order valence-electron chi connectivity index (χ3n) is 3.02. The van der Waals surface area contributed by atoms with Crippen LogP contribution in [0.25, 0.3) is 0 Å². The van der Waals surface area contributed by atoms with E-state index in [4.69, 9.17) is 30.4 Å². The molecule has 6 nitrogen and oxygen atoms in total. The zero-order valence-electron chi connectivity index (χ0n) is 13.9. The standard InChI is InChI=1S/C14H34N2O4Si/c1-21(2,3)14(16)13-20-12-11-19-10-9-18-8-7-17-6-4-5-15/h14H,4-13,15-16H2,1-3H3. The van der Waals surface area contributed by atoms with Gasteiger partial charge in [0, 0.05) is 12.3 Å². The second kappa shape index (κ2) is 13.6. The maximum atomic E-state index is 6.05. The number of hydrogen-bond donors (Lipinski definition) is 2. The molecule has 0 radical (unpaired) electrons. The lowest BCUT2D eigenvalue weighted by Gasteiger charge is -2.24. The highest BCUT2D eigenvalue weighted by atomic mass is 28.3. The Morgan fingerprint density at radius 3 is 1.62 bits per heavy atom. The van der Waals surface area contributed by atoms with Crippen LogP contribution in [0.5, 0.6) is 0 Å². The molecule has 0 amide bonds. The van der Waals surface area contributed by atoms with E-state index in [1.165, 1.54) is 0 Å². The first kappa shape index (κ1) is 21.0. The van der Waals surface area contributed by atoms with Crippen LogP contribution in [0.4, 0.5) is 0 Å². The Hall–Kier alpha value is -0.0231. The first-order valence-electron chi connectivity index (χ1n) is 7.75. The van der Waals surface area contributed by atoms with E-state index in [9.17, 15) is 0 Å². The van der Waals surface area contributed by atoms with Gasteiger partial charge in [-0.25, -0.2) is 0 Å². The van der Waals surface area contributed by atoms with Gasteiger partial charge in [0.2, 0.25) is 0 Å². The van der Waals surface area contributed by atoms with Gasteiger partial charge in [0.15, 0.2) is 0 Å². The lowest BCUT2D eigenvalue weighted by molar-refractivity contribution is -0.00189. The summed E-state index contributed by atoms with van der Waals surface area (Å²) in [5.41, 5.74) is 11.6. The van der Waals surface area contributed by atoms with Crippen molar-refractivity contribution in [2.24, 2.45) is 11.5 Å². The molecule has 0 aromatic rings. The highest BCUT2D eigenvalue weighted by Gasteiger charge is 2.22. The van der Waals surface area contributed by atoms with E-state index >= 15 is 0 Å². The molecule has 0 aliphatic heterocycles. The van der Waals surface area contributed by atoms with E-state index in [2.05, 4.69) is 19.6 Å². The summed E-state index contributed by atoms with van der Waals surface area (Å²) >= 11 is 0. The van der Waals surface area contributed by atoms with Crippen molar-refractivity contribution in [3.05, 3.63) is 0 Å². The van der Waals surface area contributed by atoms with E-state index in [0.717, 1.165) is 6.42 Å². The van der Waals surface area contributed by atoms with Crippen LogP contribution in [0.2, 0.25) is 19.6 Å². The van der Waals surface area contributed by atoms with Crippen LogP contribution in [0.1, 0.15) is 6.42 Å². The van der Waals surface area contributed by atoms with Crippen molar-refractivity contribution in [2.45, 2.75) is 31.7 Å². The van der Waals surface area contributed by atoms with Crippen LogP contribution < -0.4 is 11.5 Å². The van der Waals surface area contributed by atoms with E-state index in [0.29, 0.717) is 59.4 Å². The van der Waals surface area contributed by atoms with E-state index in [-0.39, 0.29) is 5.67 Å². The van der Waals surface area contributed by atoms with Crippen molar-refractivity contribution < 1.29 is 18.9 Å². The van der Waals surface area contributed by atoms with Crippen molar-refractivity contribution in [1.82, 2.24) is 0 Å². The molecule has 0 bridgehead atoms. The summed E-state index contributed by atoms with van der Waals surface area (Å²) in [5, 5.41) is 0. The molecule has 1 unspecified atom stereocenters. The molecular weight excluding hydrogens is 288 g/mol. The van der Waals surface area contributed by atoms with Gasteiger partial charge in [-0.2, -0.15) is 0 Å². The largest absolute Gasteiger partial charge is 0.379 e. The molecule has 0 fully saturated rings. The van der Waals surface area contributed by atoms with Gasteiger partial charge in [-0.1, -0.05) is 19.6 Å². The Kier molecular flexibility index (Phi) is 13.6. The van der Waals surface area contributed by atoms with Crippen LogP contribution >= 0.6 is 0 Å². The SMILES string of the molecule is C[Si](C)(C)C(N)COCCOCCOCCOCCCN. The average molecular weight is 323 g/mol. The number of ether oxygens (including phenoxy) is 4. The lowest BCUT2D eigenvalue weighted by atomic mass is 10.5. The van der Waals surface area contributed by atoms with Gasteiger partial charge in [-0.15, -0.1) is 0 Å². The fourth-order valence-electron chi connectivity index (χ4n) is 1.31. The predicted octanol–water partition coefficient (Wildman–Crippen LogP) is 0.606. The molecule has 0 rings (SSSR count). The zero-order valence-corrected chi connectivity index (χ0v) is 14.9. The van der Waals surface area contributed by atoms with Crippen LogP contribution in [-0.4, -0.2) is 73.1 Å². The minimum atomic E-state index is -1.29. The Bertz CT molecular complexity index is 228. The van der Waals surface area contributed by atoms with E-state index < -0.39 is 8.07 Å². The Morgan fingerprint density at radius 2 is 1.19 bits per heavy atom. The fourth-order valence-corrected chi connectivity index (χ4v) is 1.92. The third-order valence-corrected chi connectivity index (χ3v) is 5.41. The highest BCUT2D eigenvalue weighted by molar-refractivity contribution is 6.77. The number of hydrogen-bond acceptors (Lipinski definition) is 6. The molecule has 0 saturated heterocycles. The second-order valence-electron chi connectivity index (χ2n) is 6.03. The van der Waals surface area contributed by atoms with Gasteiger partial charge < -0.3 is 30.4 Å². The van der Waals surface area contributed by atoms with Crippen LogP contribution in [0, 0.1) is 0 Å². The quantitative estimate of drug-likeness (QED) is 0.339. The topological polar surface area (TPSA) is 89.0 Å². The molecule has 0 heterocycles. The Labute approximate surface area is 130 Å². The van der Waals surface area contributed by atoms with Gasteiger partial charge in [-0.05, 0) is 13.0 Å². The summed E-state index contributed by atoms with van der Waals surface area (Å²) in [7, 11) is -1.29. The van der Waals surface area contributed by atoms with Gasteiger partial charge in [-0.3, -0.25) is 0 Å². The Morgan fingerprint density at radius 1 is 0.762 bits per heavy atom. The first-order chi connectivity index (χ1) is 9.98. The molecule has 0 aromatic carbocycles. The molecule has 0 aromatic heterocycles. The highest BCUT2D eigenvalue weighted by Crippen LogP contribution is 2.05. The van der Waals surface area contributed by atoms with Crippen LogP contribution in [0.15, 0.2) is 0 Å². The summed E-state index contributed by atoms with van der Waals surface area (Å²) < 4.78 is 21.6. The normalized spacial score (nSPS) is 13.6. The summed E-state index contributed by atoms with van der Waals surface area (Å²) in [6.45, 7) is 12.2. The van der Waals surface area contributed by atoms with Crippen LogP contribution in [-0.2, 0) is 18.9 Å². The molecule has 0 aliphatic rings. The third kappa shape index (κ3) is 14.7. The molecule has 128 valence electrons. The van der Waals surface area contributed by atoms with Gasteiger partial charge in [0.1, 0.15) is 0 Å². The fraction of sp³-hybridized carbons (Fsp3) is 1.00. The molecule has 0 saturated carbocycles. The lowest BCUT2D eigenvalue weighted by Crippen LogP contribution is -2.48. The van der Waals surface area contributed by atoms with Crippen molar-refractivity contribution in [1.29, 1.82) is 0 Å². The van der Waals surface area contributed by atoms with Crippen molar-refractivity contribution >= 4 is 8.07 Å². The average Bonchev–Trinajstić information content (AvgIpc) is 2.42. The van der Waals surface area contributed by atoms with E-state index in [1.807, 2.05) is 0 Å². The molecule has 1 atom stereocenters. The minimum absolute atomic E-state index is 0.181. The molecule has 0 aliphatic carbocycles. The van der Waals surface area contributed by atoms with Crippen molar-refractivity contribution in [2.75, 3.05) is 59.4 Å². The molecule has 21 heavy (non-hydrogen) atoms. The van der Waals surface area contributed by atoms with Crippen molar-refractivity contribution in [3.8, 4) is 0 Å². The predicted molar refractivity (Wildman–Crippen MR) is 88.3 cm³/mol. The van der Waals surface area contributed by atoms with Crippen molar-refractivity contribution in [3.63, 3.8) is 0 Å². The molecule has 7 heteroatoms.